The molecular weight excluding hydrogens is 298 g/mol. The second-order valence-corrected chi connectivity index (χ2v) is 6.47. The summed E-state index contributed by atoms with van der Waals surface area (Å²) >= 11 is 1.42. The van der Waals surface area contributed by atoms with Crippen LogP contribution in [0.2, 0.25) is 0 Å². The van der Waals surface area contributed by atoms with Gasteiger partial charge in [0.05, 0.1) is 6.04 Å². The van der Waals surface area contributed by atoms with E-state index in [1.54, 1.807) is 18.3 Å². The average molecular weight is 317 g/mol. The number of phenols is 1. The highest BCUT2D eigenvalue weighted by Crippen LogP contribution is 2.31. The van der Waals surface area contributed by atoms with Crippen molar-refractivity contribution < 1.29 is 9.90 Å². The molecule has 1 saturated carbocycles. The molecule has 1 aliphatic carbocycles. The van der Waals surface area contributed by atoms with Crippen LogP contribution in [0.5, 0.6) is 5.75 Å². The van der Waals surface area contributed by atoms with Crippen LogP contribution in [0.15, 0.2) is 35.8 Å². The highest BCUT2D eigenvalue weighted by atomic mass is 32.1. The molecule has 0 aliphatic heterocycles. The van der Waals surface area contributed by atoms with Gasteiger partial charge >= 0.3 is 0 Å². The third-order valence-electron chi connectivity index (χ3n) is 3.83. The minimum absolute atomic E-state index is 0.0398. The van der Waals surface area contributed by atoms with Gasteiger partial charge in [0.1, 0.15) is 5.75 Å². The van der Waals surface area contributed by atoms with Gasteiger partial charge in [-0.2, -0.15) is 0 Å². The number of carbonyl (C=O) groups excluding carboxylic acids is 1. The number of nitrogens with one attached hydrogen (secondary N) is 1. The van der Waals surface area contributed by atoms with Crippen LogP contribution in [-0.2, 0) is 11.3 Å². The molecule has 2 aromatic rings. The van der Waals surface area contributed by atoms with Gasteiger partial charge in [0.2, 0.25) is 5.91 Å². The maximum Gasteiger partial charge on any atom is 0.243 e. The quantitative estimate of drug-likeness (QED) is 0.860. The van der Waals surface area contributed by atoms with Crippen LogP contribution in [0.1, 0.15) is 25.3 Å². The Morgan fingerprint density at radius 1 is 1.55 bits per heavy atom. The molecule has 1 aromatic carbocycles. The molecule has 1 aliphatic rings. The standard InChI is InChI=1S/C16H19N3O2S/c1-11(15(21)18-16-17-7-8-22-16)19(13-5-6-13)10-12-3-2-4-14(20)9-12/h2-4,7-9,11,13,20H,5-6,10H2,1H3,(H,17,18,21). The zero-order chi connectivity index (χ0) is 15.5. The number of aromatic nitrogens is 1. The molecule has 1 fully saturated rings. The number of nitrogens with zero attached hydrogens (tertiary/aromatic N) is 2. The van der Waals surface area contributed by atoms with Gasteiger partial charge in [-0.1, -0.05) is 12.1 Å². The summed E-state index contributed by atoms with van der Waals surface area (Å²) in [5.74, 6) is 0.218. The molecule has 22 heavy (non-hydrogen) atoms. The maximum absolute atomic E-state index is 12.4. The second kappa shape index (κ2) is 6.46. The van der Waals surface area contributed by atoms with Crippen LogP contribution in [0.25, 0.3) is 0 Å². The van der Waals surface area contributed by atoms with E-state index in [0.717, 1.165) is 18.4 Å². The first-order valence-corrected chi connectivity index (χ1v) is 8.25. The Balaban J connectivity index is 1.69. The number of aromatic hydroxyl groups is 1. The number of thiazole rings is 1. The Morgan fingerprint density at radius 2 is 2.36 bits per heavy atom. The van der Waals surface area contributed by atoms with Crippen molar-refractivity contribution >= 4 is 22.4 Å². The first-order valence-electron chi connectivity index (χ1n) is 7.37. The molecule has 3 rings (SSSR count). The number of hydrogen-bond acceptors (Lipinski definition) is 5. The highest BCUT2D eigenvalue weighted by Gasteiger charge is 2.35. The zero-order valence-electron chi connectivity index (χ0n) is 12.4. The van der Waals surface area contributed by atoms with Crippen LogP contribution in [0, 0.1) is 0 Å². The summed E-state index contributed by atoms with van der Waals surface area (Å²) in [5.41, 5.74) is 1.01. The smallest absolute Gasteiger partial charge is 0.243 e. The van der Waals surface area contributed by atoms with E-state index < -0.39 is 0 Å². The Labute approximate surface area is 133 Å². The lowest BCUT2D eigenvalue weighted by atomic mass is 10.1. The molecule has 6 heteroatoms. The Morgan fingerprint density at radius 3 is 3.00 bits per heavy atom. The molecule has 2 N–H and O–H groups in total. The molecule has 1 amide bonds. The first-order chi connectivity index (χ1) is 10.6. The van der Waals surface area contributed by atoms with Crippen molar-refractivity contribution in [1.82, 2.24) is 9.88 Å². The van der Waals surface area contributed by atoms with Crippen molar-refractivity contribution in [2.75, 3.05) is 5.32 Å². The number of phenolic OH excluding ortho intramolecular Hbond substituents is 1. The average Bonchev–Trinajstić information content (AvgIpc) is 3.21. The number of hydrogen-bond donors (Lipinski definition) is 2. The minimum Gasteiger partial charge on any atom is -0.508 e. The van der Waals surface area contributed by atoms with Crippen molar-refractivity contribution in [3.05, 3.63) is 41.4 Å². The number of anilines is 1. The molecule has 5 nitrogen and oxygen atoms in total. The summed E-state index contributed by atoms with van der Waals surface area (Å²) in [5, 5.41) is 14.9. The van der Waals surface area contributed by atoms with Gasteiger partial charge < -0.3 is 10.4 Å². The largest absolute Gasteiger partial charge is 0.508 e. The normalized spacial score (nSPS) is 15.7. The zero-order valence-corrected chi connectivity index (χ0v) is 13.2. The van der Waals surface area contributed by atoms with E-state index in [2.05, 4.69) is 15.2 Å². The van der Waals surface area contributed by atoms with Crippen LogP contribution >= 0.6 is 11.3 Å². The number of amides is 1. The van der Waals surface area contributed by atoms with Crippen molar-refractivity contribution in [3.63, 3.8) is 0 Å². The molecule has 1 heterocycles. The van der Waals surface area contributed by atoms with Crippen LogP contribution in [0.3, 0.4) is 0 Å². The fraction of sp³-hybridized carbons (Fsp3) is 0.375. The fourth-order valence-electron chi connectivity index (χ4n) is 2.50. The third kappa shape index (κ3) is 3.64. The maximum atomic E-state index is 12.4. The summed E-state index contributed by atoms with van der Waals surface area (Å²) in [6, 6.07) is 7.42. The van der Waals surface area contributed by atoms with Crippen molar-refractivity contribution in [3.8, 4) is 5.75 Å². The summed E-state index contributed by atoms with van der Waals surface area (Å²) in [6.45, 7) is 2.58. The molecule has 0 bridgehead atoms. The summed E-state index contributed by atoms with van der Waals surface area (Å²) in [6.07, 6.45) is 3.91. The molecule has 0 saturated heterocycles. The second-order valence-electron chi connectivity index (χ2n) is 5.58. The minimum atomic E-state index is -0.237. The summed E-state index contributed by atoms with van der Waals surface area (Å²) in [7, 11) is 0. The lowest BCUT2D eigenvalue weighted by Crippen LogP contribution is -2.42. The fourth-order valence-corrected chi connectivity index (χ4v) is 3.03. The van der Waals surface area contributed by atoms with Gasteiger partial charge in [0, 0.05) is 24.2 Å². The Bertz CT molecular complexity index is 641. The van der Waals surface area contributed by atoms with Crippen molar-refractivity contribution in [1.29, 1.82) is 0 Å². The van der Waals surface area contributed by atoms with Gasteiger partial charge in [-0.3, -0.25) is 9.69 Å². The summed E-state index contributed by atoms with van der Waals surface area (Å²) in [4.78, 5) is 18.7. The van der Waals surface area contributed by atoms with Gasteiger partial charge in [-0.15, -0.1) is 11.3 Å². The third-order valence-corrected chi connectivity index (χ3v) is 4.52. The van der Waals surface area contributed by atoms with E-state index in [1.165, 1.54) is 11.3 Å². The lowest BCUT2D eigenvalue weighted by Gasteiger charge is -2.28. The van der Waals surface area contributed by atoms with E-state index in [4.69, 9.17) is 0 Å². The first kappa shape index (κ1) is 15.0. The molecular formula is C16H19N3O2S. The van der Waals surface area contributed by atoms with E-state index in [9.17, 15) is 9.90 Å². The van der Waals surface area contributed by atoms with Gasteiger partial charge in [0.25, 0.3) is 0 Å². The van der Waals surface area contributed by atoms with Crippen LogP contribution in [-0.4, -0.2) is 33.0 Å². The van der Waals surface area contributed by atoms with Gasteiger partial charge in [0.15, 0.2) is 5.13 Å². The summed E-state index contributed by atoms with van der Waals surface area (Å²) < 4.78 is 0. The SMILES string of the molecule is CC(C(=O)Nc1nccs1)N(Cc1cccc(O)c1)C1CC1. The van der Waals surface area contributed by atoms with Gasteiger partial charge in [-0.05, 0) is 37.5 Å². The predicted octanol–water partition coefficient (Wildman–Crippen LogP) is 2.84. The van der Waals surface area contributed by atoms with E-state index >= 15 is 0 Å². The molecule has 1 atom stereocenters. The monoisotopic (exact) mass is 317 g/mol. The van der Waals surface area contributed by atoms with Crippen molar-refractivity contribution in [2.24, 2.45) is 0 Å². The highest BCUT2D eigenvalue weighted by molar-refractivity contribution is 7.13. The van der Waals surface area contributed by atoms with E-state index in [0.29, 0.717) is 17.7 Å². The molecule has 0 spiro atoms. The molecule has 1 unspecified atom stereocenters. The molecule has 0 radical (unpaired) electrons. The van der Waals surface area contributed by atoms with E-state index in [-0.39, 0.29) is 17.7 Å². The Hall–Kier alpha value is -1.92. The Kier molecular flexibility index (Phi) is 4.40. The lowest BCUT2D eigenvalue weighted by molar-refractivity contribution is -0.121. The topological polar surface area (TPSA) is 65.5 Å². The number of benzene rings is 1. The van der Waals surface area contributed by atoms with Crippen molar-refractivity contribution in [2.45, 2.75) is 38.4 Å². The van der Waals surface area contributed by atoms with E-state index in [1.807, 2.05) is 24.4 Å². The number of carbonyl (C=O) groups is 1. The molecule has 116 valence electrons. The van der Waals surface area contributed by atoms with Crippen LogP contribution < -0.4 is 5.32 Å². The van der Waals surface area contributed by atoms with Gasteiger partial charge in [-0.25, -0.2) is 4.98 Å². The predicted molar refractivity (Wildman–Crippen MR) is 86.9 cm³/mol. The number of rotatable bonds is 6. The molecule has 1 aromatic heterocycles. The van der Waals surface area contributed by atoms with Crippen LogP contribution in [0.4, 0.5) is 5.13 Å².